The molecule has 62 valence electrons. The Morgan fingerprint density at radius 1 is 1.42 bits per heavy atom. The number of hydrogen-bond acceptors (Lipinski definition) is 2. The van der Waals surface area contributed by atoms with E-state index < -0.39 is 7.12 Å². The third-order valence-electron chi connectivity index (χ3n) is 1.51. The molecule has 0 radical (unpaired) electrons. The maximum absolute atomic E-state index is 9.21. The van der Waals surface area contributed by atoms with E-state index in [4.69, 9.17) is 4.65 Å². The van der Waals surface area contributed by atoms with Crippen molar-refractivity contribution in [2.45, 2.75) is 6.32 Å². The van der Waals surface area contributed by atoms with Gasteiger partial charge in [0, 0.05) is 6.32 Å². The van der Waals surface area contributed by atoms with Crippen molar-refractivity contribution in [1.29, 1.82) is 0 Å². The molecule has 2 nitrogen and oxygen atoms in total. The molecule has 0 aliphatic carbocycles. The summed E-state index contributed by atoms with van der Waals surface area (Å²) in [5, 5.41) is 9.21. The molecule has 0 aliphatic rings. The summed E-state index contributed by atoms with van der Waals surface area (Å²) in [6.07, 6.45) is 1.74. The van der Waals surface area contributed by atoms with Crippen molar-refractivity contribution in [3.05, 3.63) is 48.7 Å². The van der Waals surface area contributed by atoms with Gasteiger partial charge in [0.1, 0.15) is 0 Å². The number of benzene rings is 1. The standard InChI is InChI=1S/C9H11BO2/c1-2-12-10(11)8-9-6-4-3-5-7-9/h2-7,11H,1,8H2. The highest BCUT2D eigenvalue weighted by atomic mass is 16.5. The van der Waals surface area contributed by atoms with Crippen LogP contribution < -0.4 is 0 Å². The minimum atomic E-state index is -0.787. The smallest absolute Gasteiger partial charge is 0.526 e. The van der Waals surface area contributed by atoms with Gasteiger partial charge in [0.2, 0.25) is 0 Å². The van der Waals surface area contributed by atoms with Crippen LogP contribution in [0.4, 0.5) is 0 Å². The van der Waals surface area contributed by atoms with Crippen LogP contribution in [0.25, 0.3) is 0 Å². The van der Waals surface area contributed by atoms with E-state index in [1.54, 1.807) is 0 Å². The highest BCUT2D eigenvalue weighted by molar-refractivity contribution is 6.42. The van der Waals surface area contributed by atoms with Crippen LogP contribution >= 0.6 is 0 Å². The molecule has 0 aliphatic heterocycles. The Morgan fingerprint density at radius 3 is 2.67 bits per heavy atom. The number of rotatable bonds is 4. The molecular formula is C9H11BO2. The molecule has 3 heteroatoms. The Bertz CT molecular complexity index is 236. The van der Waals surface area contributed by atoms with Crippen LogP contribution in [0.1, 0.15) is 5.56 Å². The fourth-order valence-electron chi connectivity index (χ4n) is 0.975. The summed E-state index contributed by atoms with van der Waals surface area (Å²) >= 11 is 0. The van der Waals surface area contributed by atoms with E-state index in [-0.39, 0.29) is 0 Å². The van der Waals surface area contributed by atoms with E-state index in [2.05, 4.69) is 6.58 Å². The van der Waals surface area contributed by atoms with Gasteiger partial charge in [-0.25, -0.2) is 0 Å². The van der Waals surface area contributed by atoms with Gasteiger partial charge in [-0.05, 0) is 5.56 Å². The zero-order chi connectivity index (χ0) is 8.81. The van der Waals surface area contributed by atoms with Crippen molar-refractivity contribution in [3.63, 3.8) is 0 Å². The molecule has 0 atom stereocenters. The van der Waals surface area contributed by atoms with Crippen LogP contribution in [-0.2, 0) is 11.0 Å². The zero-order valence-electron chi connectivity index (χ0n) is 6.81. The molecule has 0 aromatic heterocycles. The Morgan fingerprint density at radius 2 is 2.08 bits per heavy atom. The predicted molar refractivity (Wildman–Crippen MR) is 49.4 cm³/mol. The van der Waals surface area contributed by atoms with E-state index in [1.807, 2.05) is 30.3 Å². The average Bonchev–Trinajstić information content (AvgIpc) is 2.06. The summed E-state index contributed by atoms with van der Waals surface area (Å²) in [6, 6.07) is 9.67. The van der Waals surface area contributed by atoms with Crippen molar-refractivity contribution in [2.24, 2.45) is 0 Å². The van der Waals surface area contributed by atoms with Crippen molar-refractivity contribution in [2.75, 3.05) is 0 Å². The fraction of sp³-hybridized carbons (Fsp3) is 0.111. The second kappa shape index (κ2) is 4.62. The Balaban J connectivity index is 2.46. The van der Waals surface area contributed by atoms with Gasteiger partial charge in [-0.2, -0.15) is 0 Å². The van der Waals surface area contributed by atoms with Gasteiger partial charge in [-0.15, -0.1) is 0 Å². The Hall–Kier alpha value is -1.22. The van der Waals surface area contributed by atoms with Gasteiger partial charge in [0.05, 0.1) is 6.26 Å². The van der Waals surface area contributed by atoms with Gasteiger partial charge in [0.25, 0.3) is 0 Å². The topological polar surface area (TPSA) is 29.5 Å². The fourth-order valence-corrected chi connectivity index (χ4v) is 0.975. The molecule has 1 aromatic rings. The lowest BCUT2D eigenvalue weighted by molar-refractivity contribution is 0.369. The van der Waals surface area contributed by atoms with Crippen molar-refractivity contribution in [1.82, 2.24) is 0 Å². The van der Waals surface area contributed by atoms with E-state index in [1.165, 1.54) is 6.26 Å². The lowest BCUT2D eigenvalue weighted by atomic mass is 9.81. The highest BCUT2D eigenvalue weighted by Crippen LogP contribution is 2.01. The predicted octanol–water partition coefficient (Wildman–Crippen LogP) is 1.41. The lowest BCUT2D eigenvalue weighted by Crippen LogP contribution is -2.18. The molecule has 0 saturated heterocycles. The summed E-state index contributed by atoms with van der Waals surface area (Å²) in [7, 11) is -0.787. The molecule has 0 saturated carbocycles. The third kappa shape index (κ3) is 2.80. The van der Waals surface area contributed by atoms with Crippen LogP contribution in [0.2, 0.25) is 0 Å². The van der Waals surface area contributed by atoms with Crippen LogP contribution in [0.5, 0.6) is 0 Å². The molecule has 1 N–H and O–H groups in total. The van der Waals surface area contributed by atoms with Crippen molar-refractivity contribution in [3.8, 4) is 0 Å². The minimum Gasteiger partial charge on any atom is -0.542 e. The maximum atomic E-state index is 9.21. The van der Waals surface area contributed by atoms with Crippen molar-refractivity contribution >= 4 is 7.12 Å². The SMILES string of the molecule is C=COB(O)Cc1ccccc1. The Kier molecular flexibility index (Phi) is 3.42. The zero-order valence-corrected chi connectivity index (χ0v) is 6.81. The summed E-state index contributed by atoms with van der Waals surface area (Å²) in [6.45, 7) is 3.36. The van der Waals surface area contributed by atoms with Gasteiger partial charge in [0.15, 0.2) is 0 Å². The third-order valence-corrected chi connectivity index (χ3v) is 1.51. The summed E-state index contributed by atoms with van der Waals surface area (Å²) in [5.74, 6) is 0. The molecule has 0 heterocycles. The van der Waals surface area contributed by atoms with E-state index >= 15 is 0 Å². The molecule has 0 bridgehead atoms. The largest absolute Gasteiger partial charge is 0.542 e. The van der Waals surface area contributed by atoms with Gasteiger partial charge in [-0.1, -0.05) is 36.9 Å². The van der Waals surface area contributed by atoms with Crippen LogP contribution in [0.15, 0.2) is 43.2 Å². The molecular weight excluding hydrogens is 151 g/mol. The quantitative estimate of drug-likeness (QED) is 0.535. The first-order chi connectivity index (χ1) is 5.83. The van der Waals surface area contributed by atoms with E-state index in [0.717, 1.165) is 5.56 Å². The molecule has 1 aromatic carbocycles. The summed E-state index contributed by atoms with van der Waals surface area (Å²) in [4.78, 5) is 0. The molecule has 0 spiro atoms. The monoisotopic (exact) mass is 162 g/mol. The highest BCUT2D eigenvalue weighted by Gasteiger charge is 2.12. The maximum Gasteiger partial charge on any atom is 0.526 e. The first-order valence-corrected chi connectivity index (χ1v) is 3.81. The lowest BCUT2D eigenvalue weighted by Gasteiger charge is -2.03. The van der Waals surface area contributed by atoms with E-state index in [9.17, 15) is 5.02 Å². The minimum absolute atomic E-state index is 0.493. The second-order valence-electron chi connectivity index (χ2n) is 2.45. The molecule has 0 fully saturated rings. The first kappa shape index (κ1) is 8.88. The molecule has 12 heavy (non-hydrogen) atoms. The summed E-state index contributed by atoms with van der Waals surface area (Å²) in [5.41, 5.74) is 1.05. The van der Waals surface area contributed by atoms with Crippen LogP contribution in [0.3, 0.4) is 0 Å². The van der Waals surface area contributed by atoms with Crippen LogP contribution in [-0.4, -0.2) is 12.1 Å². The summed E-state index contributed by atoms with van der Waals surface area (Å²) < 4.78 is 4.77. The van der Waals surface area contributed by atoms with Crippen LogP contribution in [0, 0.1) is 0 Å². The van der Waals surface area contributed by atoms with E-state index in [0.29, 0.717) is 6.32 Å². The van der Waals surface area contributed by atoms with Gasteiger partial charge < -0.3 is 9.68 Å². The number of hydrogen-bond donors (Lipinski definition) is 1. The molecule has 1 rings (SSSR count). The van der Waals surface area contributed by atoms with Gasteiger partial charge in [-0.3, -0.25) is 0 Å². The average molecular weight is 162 g/mol. The first-order valence-electron chi connectivity index (χ1n) is 3.81. The molecule has 0 amide bonds. The second-order valence-corrected chi connectivity index (χ2v) is 2.45. The van der Waals surface area contributed by atoms with Crippen molar-refractivity contribution < 1.29 is 9.68 Å². The molecule has 0 unspecified atom stereocenters. The van der Waals surface area contributed by atoms with Gasteiger partial charge >= 0.3 is 7.12 Å². The Labute approximate surface area is 72.6 Å². The normalized spacial score (nSPS) is 9.08.